The average molecular weight is 373 g/mol. The minimum atomic E-state index is -1.04. The smallest absolute Gasteiger partial charge is 0.329 e. The minimum Gasteiger partial charge on any atom is -0.480 e. The van der Waals surface area contributed by atoms with Crippen LogP contribution in [0.3, 0.4) is 0 Å². The van der Waals surface area contributed by atoms with E-state index in [-0.39, 0.29) is 12.3 Å². The molecule has 1 amide bonds. The van der Waals surface area contributed by atoms with Gasteiger partial charge in [-0.3, -0.25) is 4.79 Å². The second kappa shape index (κ2) is 5.48. The molecule has 5 heteroatoms. The predicted octanol–water partition coefficient (Wildman–Crippen LogP) is 2.30. The molecular formula is C14H16INO3. The Morgan fingerprint density at radius 1 is 1.42 bits per heavy atom. The van der Waals surface area contributed by atoms with Gasteiger partial charge in [0.2, 0.25) is 5.91 Å². The van der Waals surface area contributed by atoms with Gasteiger partial charge in [-0.2, -0.15) is 0 Å². The van der Waals surface area contributed by atoms with Crippen molar-refractivity contribution in [1.82, 2.24) is 4.90 Å². The number of carboxylic acids is 1. The summed E-state index contributed by atoms with van der Waals surface area (Å²) in [4.78, 5) is 25.2. The zero-order valence-electron chi connectivity index (χ0n) is 10.7. The first-order valence-corrected chi connectivity index (χ1v) is 7.30. The van der Waals surface area contributed by atoms with Crippen LogP contribution < -0.4 is 0 Å². The number of carboxylic acid groups (broad SMARTS) is 1. The van der Waals surface area contributed by atoms with E-state index in [0.717, 1.165) is 15.6 Å². The molecule has 1 fully saturated rings. The number of hydrogen-bond donors (Lipinski definition) is 1. The van der Waals surface area contributed by atoms with Gasteiger partial charge in [0.15, 0.2) is 0 Å². The summed E-state index contributed by atoms with van der Waals surface area (Å²) >= 11 is 2.19. The summed E-state index contributed by atoms with van der Waals surface area (Å²) in [5.41, 5.74) is -0.0927. The Morgan fingerprint density at radius 3 is 2.74 bits per heavy atom. The number of aliphatic carboxylic acids is 1. The van der Waals surface area contributed by atoms with Crippen LogP contribution in [0.15, 0.2) is 24.3 Å². The van der Waals surface area contributed by atoms with Crippen molar-refractivity contribution in [3.8, 4) is 0 Å². The molecule has 19 heavy (non-hydrogen) atoms. The fourth-order valence-electron chi connectivity index (χ4n) is 2.49. The second-order valence-corrected chi connectivity index (χ2v) is 6.16. The highest BCUT2D eigenvalue weighted by Gasteiger charge is 2.45. The standard InChI is InChI=1S/C14H16INO3/c1-14(13(18)19)7-4-8-16(14)12(17)9-10-5-2-3-6-11(10)15/h2-3,5-6H,4,7-9H2,1H3,(H,18,19). The lowest BCUT2D eigenvalue weighted by atomic mass is 9.98. The van der Waals surface area contributed by atoms with E-state index in [2.05, 4.69) is 22.6 Å². The summed E-state index contributed by atoms with van der Waals surface area (Å²) in [6, 6.07) is 7.68. The molecule has 1 aliphatic rings. The Balaban J connectivity index is 2.17. The van der Waals surface area contributed by atoms with Crippen LogP contribution in [0.5, 0.6) is 0 Å². The molecule has 0 aromatic heterocycles. The van der Waals surface area contributed by atoms with Gasteiger partial charge in [-0.15, -0.1) is 0 Å². The number of halogens is 1. The van der Waals surface area contributed by atoms with E-state index in [1.807, 2.05) is 24.3 Å². The van der Waals surface area contributed by atoms with Crippen molar-refractivity contribution in [1.29, 1.82) is 0 Å². The summed E-state index contributed by atoms with van der Waals surface area (Å²) in [7, 11) is 0. The normalized spacial score (nSPS) is 22.5. The van der Waals surface area contributed by atoms with Crippen molar-refractivity contribution in [2.75, 3.05) is 6.54 Å². The Labute approximate surface area is 125 Å². The Hall–Kier alpha value is -1.11. The number of carbonyl (C=O) groups is 2. The van der Waals surface area contributed by atoms with Crippen molar-refractivity contribution in [3.05, 3.63) is 33.4 Å². The average Bonchev–Trinajstić information content (AvgIpc) is 2.76. The number of nitrogens with zero attached hydrogens (tertiary/aromatic N) is 1. The molecule has 0 radical (unpaired) electrons. The summed E-state index contributed by atoms with van der Waals surface area (Å²) < 4.78 is 1.03. The predicted molar refractivity (Wildman–Crippen MR) is 79.9 cm³/mol. The van der Waals surface area contributed by atoms with E-state index >= 15 is 0 Å². The maximum absolute atomic E-state index is 12.3. The Kier molecular flexibility index (Phi) is 4.13. The molecule has 2 rings (SSSR count). The molecule has 0 saturated carbocycles. The van der Waals surface area contributed by atoms with Crippen LogP contribution in [0.1, 0.15) is 25.3 Å². The number of benzene rings is 1. The van der Waals surface area contributed by atoms with Gasteiger partial charge in [0.05, 0.1) is 6.42 Å². The van der Waals surface area contributed by atoms with E-state index < -0.39 is 11.5 Å². The molecule has 1 N–H and O–H groups in total. The lowest BCUT2D eigenvalue weighted by Gasteiger charge is -2.31. The molecule has 0 bridgehead atoms. The molecule has 1 saturated heterocycles. The van der Waals surface area contributed by atoms with Crippen molar-refractivity contribution in [2.45, 2.75) is 31.7 Å². The first-order valence-electron chi connectivity index (χ1n) is 6.22. The first-order chi connectivity index (χ1) is 8.95. The Bertz CT molecular complexity index is 517. The molecule has 1 heterocycles. The Morgan fingerprint density at radius 2 is 2.11 bits per heavy atom. The van der Waals surface area contributed by atoms with Gasteiger partial charge in [0.1, 0.15) is 5.54 Å². The van der Waals surface area contributed by atoms with Gasteiger partial charge in [0, 0.05) is 10.1 Å². The quantitative estimate of drug-likeness (QED) is 0.828. The van der Waals surface area contributed by atoms with Crippen LogP contribution in [0.25, 0.3) is 0 Å². The van der Waals surface area contributed by atoms with Gasteiger partial charge in [-0.1, -0.05) is 18.2 Å². The molecule has 1 atom stereocenters. The highest BCUT2D eigenvalue weighted by Crippen LogP contribution is 2.30. The maximum Gasteiger partial charge on any atom is 0.329 e. The van der Waals surface area contributed by atoms with Gasteiger partial charge >= 0.3 is 5.97 Å². The third-order valence-corrected chi connectivity index (χ3v) is 4.75. The highest BCUT2D eigenvalue weighted by molar-refractivity contribution is 14.1. The van der Waals surface area contributed by atoms with E-state index in [1.165, 1.54) is 4.90 Å². The maximum atomic E-state index is 12.3. The molecule has 0 spiro atoms. The van der Waals surface area contributed by atoms with Crippen LogP contribution in [0, 0.1) is 3.57 Å². The summed E-state index contributed by atoms with van der Waals surface area (Å²) in [6.07, 6.45) is 1.54. The second-order valence-electron chi connectivity index (χ2n) is 5.00. The van der Waals surface area contributed by atoms with E-state index in [1.54, 1.807) is 6.92 Å². The van der Waals surface area contributed by atoms with Crippen LogP contribution in [0.4, 0.5) is 0 Å². The minimum absolute atomic E-state index is 0.105. The molecule has 1 aromatic rings. The van der Waals surface area contributed by atoms with Gasteiger partial charge in [-0.25, -0.2) is 4.79 Å². The van der Waals surface area contributed by atoms with Crippen molar-refractivity contribution in [3.63, 3.8) is 0 Å². The fourth-order valence-corrected chi connectivity index (χ4v) is 3.06. The third-order valence-electron chi connectivity index (χ3n) is 3.70. The molecule has 1 aliphatic heterocycles. The van der Waals surface area contributed by atoms with Crippen LogP contribution in [-0.4, -0.2) is 34.0 Å². The molecule has 4 nitrogen and oxygen atoms in total. The van der Waals surface area contributed by atoms with Crippen molar-refractivity contribution >= 4 is 34.5 Å². The van der Waals surface area contributed by atoms with Crippen LogP contribution in [-0.2, 0) is 16.0 Å². The molecule has 0 aliphatic carbocycles. The number of carbonyl (C=O) groups excluding carboxylic acids is 1. The molecular weight excluding hydrogens is 357 g/mol. The zero-order chi connectivity index (χ0) is 14.0. The molecule has 102 valence electrons. The van der Waals surface area contributed by atoms with E-state index in [0.29, 0.717) is 13.0 Å². The number of rotatable bonds is 3. The summed E-state index contributed by atoms with van der Waals surface area (Å²) in [5, 5.41) is 9.32. The van der Waals surface area contributed by atoms with Gasteiger partial charge in [-0.05, 0) is 54.0 Å². The van der Waals surface area contributed by atoms with E-state index in [9.17, 15) is 14.7 Å². The van der Waals surface area contributed by atoms with Gasteiger partial charge < -0.3 is 10.0 Å². The molecule has 1 unspecified atom stereocenters. The summed E-state index contributed by atoms with van der Waals surface area (Å²) in [5.74, 6) is -1.02. The monoisotopic (exact) mass is 373 g/mol. The fraction of sp³-hybridized carbons (Fsp3) is 0.429. The summed E-state index contributed by atoms with van der Waals surface area (Å²) in [6.45, 7) is 2.17. The molecule has 1 aromatic carbocycles. The number of hydrogen-bond acceptors (Lipinski definition) is 2. The van der Waals surface area contributed by atoms with Crippen molar-refractivity contribution in [2.24, 2.45) is 0 Å². The zero-order valence-corrected chi connectivity index (χ0v) is 12.9. The largest absolute Gasteiger partial charge is 0.480 e. The van der Waals surface area contributed by atoms with E-state index in [4.69, 9.17) is 0 Å². The van der Waals surface area contributed by atoms with Crippen molar-refractivity contribution < 1.29 is 14.7 Å². The third kappa shape index (κ3) is 2.75. The lowest BCUT2D eigenvalue weighted by molar-refractivity contribution is -0.155. The van der Waals surface area contributed by atoms with Gasteiger partial charge in [0.25, 0.3) is 0 Å². The van der Waals surface area contributed by atoms with Crippen LogP contribution >= 0.6 is 22.6 Å². The lowest BCUT2D eigenvalue weighted by Crippen LogP contribution is -2.51. The number of amides is 1. The SMILES string of the molecule is CC1(C(=O)O)CCCN1C(=O)Cc1ccccc1I. The first kappa shape index (κ1) is 14.3. The topological polar surface area (TPSA) is 57.6 Å². The van der Waals surface area contributed by atoms with Crippen LogP contribution in [0.2, 0.25) is 0 Å². The highest BCUT2D eigenvalue weighted by atomic mass is 127. The number of likely N-dealkylation sites (tertiary alicyclic amines) is 1.